The Morgan fingerprint density at radius 3 is 2.48 bits per heavy atom. The van der Waals surface area contributed by atoms with E-state index in [2.05, 4.69) is 5.32 Å². The third-order valence-electron chi connectivity index (χ3n) is 4.68. The maximum Gasteiger partial charge on any atom is 0.341 e. The van der Waals surface area contributed by atoms with Crippen LogP contribution in [0.25, 0.3) is 11.1 Å². The van der Waals surface area contributed by atoms with E-state index in [1.165, 1.54) is 11.3 Å². The molecule has 1 atom stereocenters. The summed E-state index contributed by atoms with van der Waals surface area (Å²) >= 11 is 7.26. The molecule has 0 aliphatic heterocycles. The van der Waals surface area contributed by atoms with E-state index in [4.69, 9.17) is 21.1 Å². The number of esters is 1. The maximum atomic E-state index is 12.8. The Balaban J connectivity index is 1.85. The average Bonchev–Trinajstić information content (AvgIpc) is 3.14. The molecule has 0 spiro atoms. The molecule has 3 rings (SSSR count). The van der Waals surface area contributed by atoms with Gasteiger partial charge in [0.2, 0.25) is 0 Å². The number of benzene rings is 2. The molecular weight excluding hydrogens is 434 g/mol. The number of thiophene rings is 1. The first-order valence-corrected chi connectivity index (χ1v) is 11.1. The van der Waals surface area contributed by atoms with E-state index in [9.17, 15) is 9.59 Å². The summed E-state index contributed by atoms with van der Waals surface area (Å²) in [5.74, 6) is -0.266. The Morgan fingerprint density at radius 2 is 1.84 bits per heavy atom. The largest absolute Gasteiger partial charge is 0.481 e. The van der Waals surface area contributed by atoms with Crippen LogP contribution in [0.4, 0.5) is 5.00 Å². The lowest BCUT2D eigenvalue weighted by Gasteiger charge is -2.16. The molecule has 162 valence electrons. The lowest BCUT2D eigenvalue weighted by atomic mass is 10.0. The standard InChI is InChI=1S/C24H24ClNO4S/c1-5-29-24(28)21-19(17-8-6-14(2)7-9-17)13-31-23(21)26-22(27)16(4)30-20-11-10-18(25)12-15(20)3/h6-13,16H,5H2,1-4H3,(H,26,27). The highest BCUT2D eigenvalue weighted by atomic mass is 35.5. The zero-order valence-corrected chi connectivity index (χ0v) is 19.4. The van der Waals surface area contributed by atoms with E-state index >= 15 is 0 Å². The van der Waals surface area contributed by atoms with Gasteiger partial charge in [-0.05, 0) is 57.0 Å². The minimum atomic E-state index is -0.778. The minimum Gasteiger partial charge on any atom is -0.481 e. The van der Waals surface area contributed by atoms with Gasteiger partial charge in [-0.1, -0.05) is 41.4 Å². The second-order valence-corrected chi connectivity index (χ2v) is 8.42. The molecule has 0 aliphatic rings. The summed E-state index contributed by atoms with van der Waals surface area (Å²) in [6.45, 7) is 7.50. The summed E-state index contributed by atoms with van der Waals surface area (Å²) in [6, 6.07) is 13.1. The number of halogens is 1. The van der Waals surface area contributed by atoms with Crippen LogP contribution in [0.3, 0.4) is 0 Å². The monoisotopic (exact) mass is 457 g/mol. The van der Waals surface area contributed by atoms with E-state index in [0.717, 1.165) is 22.3 Å². The molecule has 0 radical (unpaired) electrons. The highest BCUT2D eigenvalue weighted by Gasteiger charge is 2.25. The van der Waals surface area contributed by atoms with Crippen LogP contribution in [0.1, 0.15) is 35.3 Å². The number of aryl methyl sites for hydroxylation is 2. The second-order valence-electron chi connectivity index (χ2n) is 7.10. The van der Waals surface area contributed by atoms with Crippen molar-refractivity contribution in [3.63, 3.8) is 0 Å². The first kappa shape index (κ1) is 22.8. The zero-order valence-electron chi connectivity index (χ0n) is 17.8. The van der Waals surface area contributed by atoms with Gasteiger partial charge in [0.1, 0.15) is 16.3 Å². The fourth-order valence-electron chi connectivity index (χ4n) is 3.00. The van der Waals surface area contributed by atoms with Crippen LogP contribution in [0.5, 0.6) is 5.75 Å². The first-order chi connectivity index (χ1) is 14.8. The van der Waals surface area contributed by atoms with Gasteiger partial charge in [0, 0.05) is 16.0 Å². The Morgan fingerprint density at radius 1 is 1.13 bits per heavy atom. The number of amides is 1. The molecule has 0 fully saturated rings. The number of anilines is 1. The van der Waals surface area contributed by atoms with Crippen molar-refractivity contribution in [1.29, 1.82) is 0 Å². The Kier molecular flexibility index (Phi) is 7.36. The van der Waals surface area contributed by atoms with E-state index in [-0.39, 0.29) is 12.5 Å². The molecule has 7 heteroatoms. The quantitative estimate of drug-likeness (QED) is 0.425. The van der Waals surface area contributed by atoms with Gasteiger partial charge in [0.15, 0.2) is 6.10 Å². The highest BCUT2D eigenvalue weighted by Crippen LogP contribution is 2.36. The average molecular weight is 458 g/mol. The van der Waals surface area contributed by atoms with E-state index in [0.29, 0.717) is 21.3 Å². The number of carbonyl (C=O) groups is 2. The fraction of sp³-hybridized carbons (Fsp3) is 0.250. The molecule has 0 saturated carbocycles. The molecule has 3 aromatic rings. The third-order valence-corrected chi connectivity index (χ3v) is 5.81. The van der Waals surface area contributed by atoms with Crippen LogP contribution in [0.15, 0.2) is 47.8 Å². The van der Waals surface area contributed by atoms with Gasteiger partial charge < -0.3 is 14.8 Å². The smallest absolute Gasteiger partial charge is 0.341 e. The third kappa shape index (κ3) is 5.46. The summed E-state index contributed by atoms with van der Waals surface area (Å²) in [4.78, 5) is 25.5. The Hall–Kier alpha value is -2.83. The fourth-order valence-corrected chi connectivity index (χ4v) is 4.19. The topological polar surface area (TPSA) is 64.6 Å². The first-order valence-electron chi connectivity index (χ1n) is 9.89. The maximum absolute atomic E-state index is 12.8. The molecule has 1 amide bonds. The van der Waals surface area contributed by atoms with E-state index < -0.39 is 12.1 Å². The van der Waals surface area contributed by atoms with Crippen LogP contribution in [0.2, 0.25) is 5.02 Å². The van der Waals surface area contributed by atoms with Crippen LogP contribution in [-0.2, 0) is 9.53 Å². The summed E-state index contributed by atoms with van der Waals surface area (Å²) in [6.07, 6.45) is -0.778. The van der Waals surface area contributed by atoms with Crippen LogP contribution >= 0.6 is 22.9 Å². The number of hydrogen-bond acceptors (Lipinski definition) is 5. The number of ether oxygens (including phenoxy) is 2. The molecule has 5 nitrogen and oxygen atoms in total. The summed E-state index contributed by atoms with van der Waals surface area (Å²) in [5.41, 5.74) is 3.90. The molecule has 1 heterocycles. The van der Waals surface area contributed by atoms with Crippen molar-refractivity contribution in [3.8, 4) is 16.9 Å². The van der Waals surface area contributed by atoms with Crippen LogP contribution in [-0.4, -0.2) is 24.6 Å². The molecular formula is C24H24ClNO4S. The lowest BCUT2D eigenvalue weighted by Crippen LogP contribution is -2.30. The van der Waals surface area contributed by atoms with Gasteiger partial charge in [0.25, 0.3) is 5.91 Å². The lowest BCUT2D eigenvalue weighted by molar-refractivity contribution is -0.122. The van der Waals surface area contributed by atoms with Crippen LogP contribution < -0.4 is 10.1 Å². The number of carbonyl (C=O) groups excluding carboxylic acids is 2. The van der Waals surface area contributed by atoms with Crippen molar-refractivity contribution in [3.05, 3.63) is 69.6 Å². The van der Waals surface area contributed by atoms with Gasteiger partial charge in [-0.25, -0.2) is 4.79 Å². The second kappa shape index (κ2) is 9.98. The molecule has 0 aliphatic carbocycles. The van der Waals surface area contributed by atoms with Crippen molar-refractivity contribution in [2.45, 2.75) is 33.8 Å². The predicted octanol–water partition coefficient (Wildman–Crippen LogP) is 6.27. The Bertz CT molecular complexity index is 1090. The molecule has 2 aromatic carbocycles. The van der Waals surface area contributed by atoms with E-state index in [1.54, 1.807) is 32.0 Å². The van der Waals surface area contributed by atoms with E-state index in [1.807, 2.05) is 43.5 Å². The van der Waals surface area contributed by atoms with Gasteiger partial charge in [0.05, 0.1) is 6.61 Å². The van der Waals surface area contributed by atoms with Crippen LogP contribution in [0, 0.1) is 13.8 Å². The summed E-state index contributed by atoms with van der Waals surface area (Å²) in [5, 5.41) is 5.71. The summed E-state index contributed by atoms with van der Waals surface area (Å²) < 4.78 is 11.1. The minimum absolute atomic E-state index is 0.241. The molecule has 31 heavy (non-hydrogen) atoms. The normalized spacial score (nSPS) is 11.6. The molecule has 1 N–H and O–H groups in total. The predicted molar refractivity (Wildman–Crippen MR) is 125 cm³/mol. The summed E-state index contributed by atoms with van der Waals surface area (Å²) in [7, 11) is 0. The molecule has 0 bridgehead atoms. The van der Waals surface area contributed by atoms with Crippen molar-refractivity contribution in [2.24, 2.45) is 0 Å². The molecule has 0 saturated heterocycles. The van der Waals surface area contributed by atoms with Gasteiger partial charge in [-0.3, -0.25) is 4.79 Å². The van der Waals surface area contributed by atoms with Crippen molar-refractivity contribution < 1.29 is 19.1 Å². The molecule has 1 aromatic heterocycles. The van der Waals surface area contributed by atoms with Gasteiger partial charge >= 0.3 is 5.97 Å². The highest BCUT2D eigenvalue weighted by molar-refractivity contribution is 7.15. The van der Waals surface area contributed by atoms with Crippen molar-refractivity contribution in [1.82, 2.24) is 0 Å². The molecule has 1 unspecified atom stereocenters. The Labute approximate surface area is 191 Å². The van der Waals surface area contributed by atoms with Gasteiger partial charge in [-0.15, -0.1) is 11.3 Å². The SMILES string of the molecule is CCOC(=O)c1c(-c2ccc(C)cc2)csc1NC(=O)C(C)Oc1ccc(Cl)cc1C. The van der Waals surface area contributed by atoms with Crippen molar-refractivity contribution in [2.75, 3.05) is 11.9 Å². The van der Waals surface area contributed by atoms with Gasteiger partial charge in [-0.2, -0.15) is 0 Å². The zero-order chi connectivity index (χ0) is 22.5. The number of nitrogens with one attached hydrogen (secondary N) is 1. The van der Waals surface area contributed by atoms with Crippen molar-refractivity contribution >= 4 is 39.8 Å². The number of hydrogen-bond donors (Lipinski definition) is 1. The number of rotatable bonds is 7.